The van der Waals surface area contributed by atoms with Gasteiger partial charge >= 0.3 is 0 Å². The Morgan fingerprint density at radius 3 is 2.75 bits per heavy atom. The number of hydrogen-bond donors (Lipinski definition) is 1. The van der Waals surface area contributed by atoms with Crippen LogP contribution < -0.4 is 5.73 Å². The lowest BCUT2D eigenvalue weighted by atomic mass is 10.4. The normalized spacial score (nSPS) is 10.0. The molecule has 12 heavy (non-hydrogen) atoms. The SMILES string of the molecule is Nc1ccc(-c2ncns2)nn1. The van der Waals surface area contributed by atoms with Crippen molar-refractivity contribution in [1.29, 1.82) is 0 Å². The Balaban J connectivity index is 2.43. The summed E-state index contributed by atoms with van der Waals surface area (Å²) in [4.78, 5) is 3.98. The molecule has 0 spiro atoms. The van der Waals surface area contributed by atoms with E-state index >= 15 is 0 Å². The van der Waals surface area contributed by atoms with Gasteiger partial charge in [-0.3, -0.25) is 0 Å². The predicted octanol–water partition coefficient (Wildman–Crippen LogP) is 0.577. The smallest absolute Gasteiger partial charge is 0.163 e. The van der Waals surface area contributed by atoms with Crippen molar-refractivity contribution in [3.8, 4) is 10.7 Å². The van der Waals surface area contributed by atoms with Gasteiger partial charge in [-0.2, -0.15) is 4.37 Å². The number of aromatic nitrogens is 4. The van der Waals surface area contributed by atoms with Gasteiger partial charge in [-0.15, -0.1) is 10.2 Å². The van der Waals surface area contributed by atoms with E-state index in [1.54, 1.807) is 12.1 Å². The lowest BCUT2D eigenvalue weighted by Gasteiger charge is -1.92. The van der Waals surface area contributed by atoms with Gasteiger partial charge in [0.25, 0.3) is 0 Å². The molecule has 0 aliphatic rings. The molecule has 60 valence electrons. The Hall–Kier alpha value is -1.56. The van der Waals surface area contributed by atoms with Crippen molar-refractivity contribution in [3.05, 3.63) is 18.5 Å². The van der Waals surface area contributed by atoms with Crippen LogP contribution >= 0.6 is 11.5 Å². The summed E-state index contributed by atoms with van der Waals surface area (Å²) in [6.45, 7) is 0. The Morgan fingerprint density at radius 2 is 2.17 bits per heavy atom. The number of nitrogens with zero attached hydrogens (tertiary/aromatic N) is 4. The van der Waals surface area contributed by atoms with Crippen LogP contribution in [0.15, 0.2) is 18.5 Å². The molecule has 0 atom stereocenters. The van der Waals surface area contributed by atoms with Gasteiger partial charge in [-0.05, 0) is 23.7 Å². The van der Waals surface area contributed by atoms with E-state index in [1.165, 1.54) is 17.9 Å². The summed E-state index contributed by atoms with van der Waals surface area (Å²) >= 11 is 1.28. The van der Waals surface area contributed by atoms with Crippen LogP contribution in [0.1, 0.15) is 0 Å². The molecule has 2 rings (SSSR count). The van der Waals surface area contributed by atoms with Gasteiger partial charge in [0, 0.05) is 0 Å². The summed E-state index contributed by atoms with van der Waals surface area (Å²) in [6.07, 6.45) is 1.48. The molecule has 6 heteroatoms. The first-order valence-electron chi connectivity index (χ1n) is 3.22. The first-order chi connectivity index (χ1) is 5.86. The largest absolute Gasteiger partial charge is 0.382 e. The van der Waals surface area contributed by atoms with Gasteiger partial charge in [-0.25, -0.2) is 4.98 Å². The van der Waals surface area contributed by atoms with Crippen LogP contribution in [0.3, 0.4) is 0 Å². The molecule has 0 fully saturated rings. The summed E-state index contributed by atoms with van der Waals surface area (Å²) < 4.78 is 3.85. The molecule has 0 unspecified atom stereocenters. The zero-order chi connectivity index (χ0) is 8.39. The van der Waals surface area contributed by atoms with Crippen LogP contribution in [0.2, 0.25) is 0 Å². The third-order valence-electron chi connectivity index (χ3n) is 1.27. The summed E-state index contributed by atoms with van der Waals surface area (Å²) in [7, 11) is 0. The summed E-state index contributed by atoms with van der Waals surface area (Å²) in [5.74, 6) is 0.406. The zero-order valence-corrected chi connectivity index (χ0v) is 6.82. The Bertz CT molecular complexity index is 354. The first-order valence-corrected chi connectivity index (χ1v) is 4.00. The van der Waals surface area contributed by atoms with Crippen LogP contribution in [0.5, 0.6) is 0 Å². The number of rotatable bonds is 1. The minimum atomic E-state index is 0.406. The quantitative estimate of drug-likeness (QED) is 0.692. The molecule has 0 aliphatic carbocycles. The molecule has 2 N–H and O–H groups in total. The van der Waals surface area contributed by atoms with Gasteiger partial charge in [0.2, 0.25) is 0 Å². The van der Waals surface area contributed by atoms with Gasteiger partial charge < -0.3 is 5.73 Å². The Morgan fingerprint density at radius 1 is 1.25 bits per heavy atom. The number of hydrogen-bond acceptors (Lipinski definition) is 6. The highest BCUT2D eigenvalue weighted by molar-refractivity contribution is 7.09. The number of anilines is 1. The van der Waals surface area contributed by atoms with Crippen molar-refractivity contribution >= 4 is 17.4 Å². The van der Waals surface area contributed by atoms with E-state index in [0.29, 0.717) is 11.5 Å². The molecule has 0 amide bonds. The molecule has 0 radical (unpaired) electrons. The highest BCUT2D eigenvalue weighted by Gasteiger charge is 2.01. The van der Waals surface area contributed by atoms with Crippen molar-refractivity contribution in [3.63, 3.8) is 0 Å². The number of nitrogen functional groups attached to an aromatic ring is 1. The average molecular weight is 179 g/mol. The number of nitrogens with two attached hydrogens (primary N) is 1. The first kappa shape index (κ1) is 7.11. The van der Waals surface area contributed by atoms with Gasteiger partial charge in [0.05, 0.1) is 0 Å². The fourth-order valence-electron chi connectivity index (χ4n) is 0.743. The summed E-state index contributed by atoms with van der Waals surface area (Å²) in [5, 5.41) is 8.31. The maximum atomic E-state index is 5.37. The van der Waals surface area contributed by atoms with E-state index < -0.39 is 0 Å². The van der Waals surface area contributed by atoms with Crippen molar-refractivity contribution in [2.45, 2.75) is 0 Å². The minimum Gasteiger partial charge on any atom is -0.382 e. The molecule has 2 heterocycles. The average Bonchev–Trinajstić information content (AvgIpc) is 2.58. The van der Waals surface area contributed by atoms with Crippen LogP contribution in [-0.2, 0) is 0 Å². The molecule has 0 saturated carbocycles. The van der Waals surface area contributed by atoms with Crippen LogP contribution in [0, 0.1) is 0 Å². The van der Waals surface area contributed by atoms with E-state index in [0.717, 1.165) is 5.01 Å². The van der Waals surface area contributed by atoms with Crippen LogP contribution in [0.25, 0.3) is 10.7 Å². The second-order valence-electron chi connectivity index (χ2n) is 2.09. The van der Waals surface area contributed by atoms with E-state index in [9.17, 15) is 0 Å². The third-order valence-corrected chi connectivity index (χ3v) is 1.95. The van der Waals surface area contributed by atoms with Gasteiger partial charge in [-0.1, -0.05) is 0 Å². The monoisotopic (exact) mass is 179 g/mol. The maximum absolute atomic E-state index is 5.37. The van der Waals surface area contributed by atoms with Crippen molar-refractivity contribution in [1.82, 2.24) is 19.6 Å². The fourth-order valence-corrected chi connectivity index (χ4v) is 1.23. The highest BCUT2D eigenvalue weighted by atomic mass is 32.1. The highest BCUT2D eigenvalue weighted by Crippen LogP contribution is 2.16. The summed E-state index contributed by atoms with van der Waals surface area (Å²) in [6, 6.07) is 3.45. The second kappa shape index (κ2) is 2.82. The molecule has 0 bridgehead atoms. The van der Waals surface area contributed by atoms with E-state index in [2.05, 4.69) is 19.6 Å². The summed E-state index contributed by atoms with van der Waals surface area (Å²) in [5.41, 5.74) is 6.07. The van der Waals surface area contributed by atoms with Crippen LogP contribution in [-0.4, -0.2) is 19.6 Å². The molecule has 0 saturated heterocycles. The second-order valence-corrected chi connectivity index (χ2v) is 2.87. The molecule has 2 aromatic rings. The predicted molar refractivity (Wildman–Crippen MR) is 45.3 cm³/mol. The van der Waals surface area contributed by atoms with Gasteiger partial charge in [0.1, 0.15) is 17.8 Å². The van der Waals surface area contributed by atoms with Crippen LogP contribution in [0.4, 0.5) is 5.82 Å². The van der Waals surface area contributed by atoms with Crippen molar-refractivity contribution in [2.75, 3.05) is 5.73 Å². The minimum absolute atomic E-state index is 0.406. The fraction of sp³-hybridized carbons (Fsp3) is 0. The zero-order valence-electron chi connectivity index (χ0n) is 6.01. The molecule has 5 nitrogen and oxygen atoms in total. The van der Waals surface area contributed by atoms with Gasteiger partial charge in [0.15, 0.2) is 5.01 Å². The lowest BCUT2D eigenvalue weighted by molar-refractivity contribution is 1.05. The molecule has 0 aromatic carbocycles. The molecule has 0 aliphatic heterocycles. The Kier molecular flexibility index (Phi) is 1.67. The van der Waals surface area contributed by atoms with E-state index in [1.807, 2.05) is 0 Å². The van der Waals surface area contributed by atoms with Crippen molar-refractivity contribution < 1.29 is 0 Å². The third kappa shape index (κ3) is 1.24. The Labute approximate surface area is 72.5 Å². The molecular weight excluding hydrogens is 174 g/mol. The standard InChI is InChI=1S/C6H5N5S/c7-5-2-1-4(10-11-5)6-8-3-9-12-6/h1-3H,(H2,7,11). The van der Waals surface area contributed by atoms with Crippen molar-refractivity contribution in [2.24, 2.45) is 0 Å². The van der Waals surface area contributed by atoms with E-state index in [4.69, 9.17) is 5.73 Å². The molecular formula is C6H5N5S. The van der Waals surface area contributed by atoms with E-state index in [-0.39, 0.29) is 0 Å². The maximum Gasteiger partial charge on any atom is 0.163 e. The topological polar surface area (TPSA) is 77.6 Å². The lowest BCUT2D eigenvalue weighted by Crippen LogP contribution is -1.93. The molecule has 2 aromatic heterocycles.